The number of H-pyrrole nitrogens is 1. The van der Waals surface area contributed by atoms with Crippen LogP contribution in [-0.4, -0.2) is 69.0 Å². The number of fused-ring (bicyclic) bond motifs is 1. The van der Waals surface area contributed by atoms with Gasteiger partial charge in [-0.05, 0) is 32.1 Å². The molecule has 0 spiro atoms. The van der Waals surface area contributed by atoms with Gasteiger partial charge in [-0.25, -0.2) is 4.98 Å². The summed E-state index contributed by atoms with van der Waals surface area (Å²) in [6.07, 6.45) is 16.8. The van der Waals surface area contributed by atoms with E-state index in [-0.39, 0.29) is 24.1 Å². The molecular formula is C28H46N4O6. The lowest BCUT2D eigenvalue weighted by Gasteiger charge is -2.27. The number of nitrogens with one attached hydrogen (secondary N) is 1. The van der Waals surface area contributed by atoms with Gasteiger partial charge in [-0.15, -0.1) is 0 Å². The van der Waals surface area contributed by atoms with Gasteiger partial charge < -0.3 is 29.9 Å². The molecule has 1 fully saturated rings. The molecule has 1 saturated heterocycles. The molecule has 3 rings (SSSR count). The Morgan fingerprint density at radius 2 is 1.66 bits per heavy atom. The molecule has 38 heavy (non-hydrogen) atoms. The van der Waals surface area contributed by atoms with Crippen molar-refractivity contribution in [3.8, 4) is 0 Å². The molecule has 0 radical (unpaired) electrons. The molecular weight excluding hydrogens is 488 g/mol. The van der Waals surface area contributed by atoms with Gasteiger partial charge in [0.15, 0.2) is 17.7 Å². The Labute approximate surface area is 225 Å². The largest absolute Gasteiger partial charge is 0.394 e. The molecule has 214 valence electrons. The lowest BCUT2D eigenvalue weighted by atomic mass is 10.1. The number of hydrogen-bond donors (Lipinski definition) is 4. The van der Waals surface area contributed by atoms with Gasteiger partial charge in [-0.3, -0.25) is 14.5 Å². The molecule has 10 heteroatoms. The average Bonchev–Trinajstić information content (AvgIpc) is 3.44. The minimum Gasteiger partial charge on any atom is -0.394 e. The monoisotopic (exact) mass is 534 g/mol. The highest BCUT2D eigenvalue weighted by Crippen LogP contribution is 2.36. The first-order valence-corrected chi connectivity index (χ1v) is 14.4. The molecule has 2 aliphatic rings. The van der Waals surface area contributed by atoms with Gasteiger partial charge in [0.2, 0.25) is 5.91 Å². The van der Waals surface area contributed by atoms with Gasteiger partial charge in [0.1, 0.15) is 25.0 Å². The summed E-state index contributed by atoms with van der Waals surface area (Å²) in [5.74, 6) is 0.0121. The fourth-order valence-electron chi connectivity index (χ4n) is 5.15. The molecule has 0 bridgehead atoms. The maximum atomic E-state index is 13.0. The van der Waals surface area contributed by atoms with Crippen molar-refractivity contribution in [3.63, 3.8) is 0 Å². The summed E-state index contributed by atoms with van der Waals surface area (Å²) >= 11 is 0. The zero-order valence-corrected chi connectivity index (χ0v) is 22.8. The molecule has 1 aromatic rings. The van der Waals surface area contributed by atoms with Crippen molar-refractivity contribution >= 4 is 17.4 Å². The maximum Gasteiger partial charge on any atom is 0.277 e. The Morgan fingerprint density at radius 1 is 1.03 bits per heavy atom. The van der Waals surface area contributed by atoms with Crippen LogP contribution < -0.4 is 15.4 Å². The third-order valence-corrected chi connectivity index (χ3v) is 7.42. The number of nitrogens with zero attached hydrogens (tertiary/aromatic N) is 3. The smallest absolute Gasteiger partial charge is 0.277 e. The van der Waals surface area contributed by atoms with Crippen LogP contribution in [0.5, 0.6) is 0 Å². The number of allylic oxidation sites excluding steroid dienone is 2. The van der Waals surface area contributed by atoms with Crippen molar-refractivity contribution in [2.75, 3.05) is 23.1 Å². The van der Waals surface area contributed by atoms with Crippen LogP contribution in [0.25, 0.3) is 0 Å². The summed E-state index contributed by atoms with van der Waals surface area (Å²) in [6, 6.07) is 0. The molecule has 10 nitrogen and oxygen atoms in total. The number of carbonyl (C=O) groups is 1. The molecule has 1 amide bonds. The molecule has 0 aliphatic carbocycles. The van der Waals surface area contributed by atoms with Crippen LogP contribution >= 0.6 is 0 Å². The number of aromatic amines is 1. The third-order valence-electron chi connectivity index (χ3n) is 7.42. The predicted octanol–water partition coefficient (Wildman–Crippen LogP) is 3.36. The van der Waals surface area contributed by atoms with Gasteiger partial charge in [-0.1, -0.05) is 70.4 Å². The fourth-order valence-corrected chi connectivity index (χ4v) is 5.15. The van der Waals surface area contributed by atoms with Crippen molar-refractivity contribution in [3.05, 3.63) is 28.8 Å². The number of aliphatic hydroxyl groups is 3. The van der Waals surface area contributed by atoms with Crippen molar-refractivity contribution in [2.24, 2.45) is 0 Å². The topological polar surface area (TPSA) is 139 Å². The summed E-state index contributed by atoms with van der Waals surface area (Å²) in [5.41, 5.74) is -0.342. The van der Waals surface area contributed by atoms with E-state index in [0.717, 1.165) is 38.5 Å². The summed E-state index contributed by atoms with van der Waals surface area (Å²) in [7, 11) is 0. The first-order chi connectivity index (χ1) is 18.5. The molecule has 0 aromatic carbocycles. The van der Waals surface area contributed by atoms with E-state index in [1.807, 2.05) is 0 Å². The Balaban J connectivity index is 1.36. The fraction of sp³-hybridized carbons (Fsp3) is 0.750. The Bertz CT molecular complexity index is 938. The number of aromatic nitrogens is 2. The highest BCUT2D eigenvalue weighted by Gasteiger charge is 2.49. The van der Waals surface area contributed by atoms with Crippen LogP contribution in [-0.2, 0) is 9.53 Å². The van der Waals surface area contributed by atoms with Crippen molar-refractivity contribution < 1.29 is 24.9 Å². The predicted molar refractivity (Wildman–Crippen MR) is 147 cm³/mol. The Kier molecular flexibility index (Phi) is 12.7. The number of aliphatic hydroxyl groups excluding tert-OH is 3. The number of unbranched alkanes of at least 4 members (excludes halogenated alkanes) is 11. The normalized spacial score (nSPS) is 23.1. The number of rotatable bonds is 17. The van der Waals surface area contributed by atoms with Crippen molar-refractivity contribution in [1.82, 2.24) is 9.97 Å². The minimum absolute atomic E-state index is 0.0219. The standard InChI is InChI=1S/C28H46N4O6/c1-2-3-4-5-6-7-8-9-10-11-12-13-14-15-16-17-22(34)31-20-32(26-23(31)27(37)30-19-29-26)28-25(36)24(35)21(18-33)38-28/h9-10,19,21,24-25,28,33,35-36H,2-8,11-18,20H2,1H3,(H,29,30,37)/b10-9-/t21-,24-,25-,28-/m1/s1. The minimum atomic E-state index is -1.32. The van der Waals surface area contributed by atoms with E-state index in [2.05, 4.69) is 29.0 Å². The second-order valence-electron chi connectivity index (χ2n) is 10.4. The Hall–Kier alpha value is -2.27. The van der Waals surface area contributed by atoms with Crippen LogP contribution in [0, 0.1) is 0 Å². The third kappa shape index (κ3) is 8.11. The van der Waals surface area contributed by atoms with E-state index in [1.54, 1.807) is 0 Å². The van der Waals surface area contributed by atoms with Crippen LogP contribution in [0.3, 0.4) is 0 Å². The first kappa shape index (κ1) is 30.3. The number of carbonyl (C=O) groups excluding carboxylic acids is 1. The molecule has 1 aromatic heterocycles. The summed E-state index contributed by atoms with van der Waals surface area (Å²) in [6.45, 7) is 1.76. The van der Waals surface area contributed by atoms with E-state index in [0.29, 0.717) is 6.42 Å². The van der Waals surface area contributed by atoms with Gasteiger partial charge in [-0.2, -0.15) is 0 Å². The summed E-state index contributed by atoms with van der Waals surface area (Å²) in [5, 5.41) is 30.0. The molecule has 0 unspecified atom stereocenters. The van der Waals surface area contributed by atoms with E-state index >= 15 is 0 Å². The van der Waals surface area contributed by atoms with Gasteiger partial charge in [0, 0.05) is 6.42 Å². The lowest BCUT2D eigenvalue weighted by Crippen LogP contribution is -2.47. The van der Waals surface area contributed by atoms with E-state index in [1.165, 1.54) is 61.1 Å². The highest BCUT2D eigenvalue weighted by molar-refractivity contribution is 5.98. The maximum absolute atomic E-state index is 13.0. The van der Waals surface area contributed by atoms with Gasteiger partial charge >= 0.3 is 0 Å². The highest BCUT2D eigenvalue weighted by atomic mass is 16.6. The van der Waals surface area contributed by atoms with Crippen LogP contribution in [0.4, 0.5) is 11.5 Å². The second-order valence-corrected chi connectivity index (χ2v) is 10.4. The van der Waals surface area contributed by atoms with Gasteiger partial charge in [0.25, 0.3) is 5.56 Å². The number of ether oxygens (including phenoxy) is 1. The van der Waals surface area contributed by atoms with Crippen LogP contribution in [0.2, 0.25) is 0 Å². The van der Waals surface area contributed by atoms with Crippen molar-refractivity contribution in [1.29, 1.82) is 0 Å². The molecule has 4 N–H and O–H groups in total. The average molecular weight is 535 g/mol. The zero-order valence-electron chi connectivity index (χ0n) is 22.8. The summed E-state index contributed by atoms with van der Waals surface area (Å²) in [4.78, 5) is 35.2. The number of anilines is 2. The van der Waals surface area contributed by atoms with Gasteiger partial charge in [0.05, 0.1) is 12.9 Å². The van der Waals surface area contributed by atoms with Crippen LogP contribution in [0.1, 0.15) is 96.8 Å². The van der Waals surface area contributed by atoms with E-state index in [4.69, 9.17) is 4.74 Å². The SMILES string of the molecule is CCCCCCCC/C=C\CCCCCCCC(=O)N1CN([C@@H]2O[C@H](CO)[C@@H](O)[C@H]2O)c2nc[nH]c(=O)c21. The van der Waals surface area contributed by atoms with E-state index in [9.17, 15) is 24.9 Å². The van der Waals surface area contributed by atoms with Crippen LogP contribution in [0.15, 0.2) is 23.3 Å². The molecule has 3 heterocycles. The number of hydrogen-bond acceptors (Lipinski definition) is 8. The lowest BCUT2D eigenvalue weighted by molar-refractivity contribution is -0.118. The van der Waals surface area contributed by atoms with Crippen molar-refractivity contribution in [2.45, 2.75) is 121 Å². The Morgan fingerprint density at radius 3 is 2.29 bits per heavy atom. The number of amides is 1. The van der Waals surface area contributed by atoms with E-state index < -0.39 is 36.7 Å². The molecule has 2 aliphatic heterocycles. The molecule has 0 saturated carbocycles. The quantitative estimate of drug-likeness (QED) is 0.176. The zero-order chi connectivity index (χ0) is 27.3. The second kappa shape index (κ2) is 16.0. The summed E-state index contributed by atoms with van der Waals surface area (Å²) < 4.78 is 5.62. The first-order valence-electron chi connectivity index (χ1n) is 14.4. The molecule has 4 atom stereocenters.